The average molecular weight is 216 g/mol. The van der Waals surface area contributed by atoms with E-state index in [0.717, 1.165) is 19.2 Å². The molecule has 1 unspecified atom stereocenters. The minimum absolute atomic E-state index is 0.366. The molecule has 1 N–H and O–H groups in total. The third kappa shape index (κ3) is 2.30. The molecular formula is C10H10F2O3. The Labute approximate surface area is 85.3 Å². The zero-order valence-corrected chi connectivity index (χ0v) is 8.25. The van der Waals surface area contributed by atoms with Crippen LogP contribution in [0, 0.1) is 18.6 Å². The number of hydrogen-bond acceptors (Lipinski definition) is 3. The predicted octanol–water partition coefficient (Wildman–Crippen LogP) is 1.48. The van der Waals surface area contributed by atoms with Gasteiger partial charge in [-0.25, -0.2) is 13.6 Å². The number of rotatable bonds is 2. The molecule has 0 radical (unpaired) electrons. The first-order chi connectivity index (χ1) is 6.97. The van der Waals surface area contributed by atoms with Crippen LogP contribution in [0.15, 0.2) is 12.1 Å². The first kappa shape index (κ1) is 11.6. The molecule has 0 amide bonds. The first-order valence-corrected chi connectivity index (χ1v) is 4.18. The highest BCUT2D eigenvalue weighted by Crippen LogP contribution is 2.22. The molecule has 0 saturated heterocycles. The standard InChI is InChI=1S/C10H10F2O3/c1-5-3-6(11)8(7(12)4-5)9(13)10(14)15-2/h3-4,9,13H,1-2H3. The Balaban J connectivity index is 3.19. The normalized spacial score (nSPS) is 12.3. The lowest BCUT2D eigenvalue weighted by atomic mass is 10.1. The highest BCUT2D eigenvalue weighted by atomic mass is 19.1. The lowest BCUT2D eigenvalue weighted by molar-refractivity contribution is -0.151. The van der Waals surface area contributed by atoms with Crippen LogP contribution in [0.1, 0.15) is 17.2 Å². The van der Waals surface area contributed by atoms with Crippen LogP contribution in [0.4, 0.5) is 8.78 Å². The largest absolute Gasteiger partial charge is 0.467 e. The molecule has 0 aliphatic carbocycles. The second-order valence-electron chi connectivity index (χ2n) is 3.07. The summed E-state index contributed by atoms with van der Waals surface area (Å²) in [5, 5.41) is 9.29. The van der Waals surface area contributed by atoms with Gasteiger partial charge in [0, 0.05) is 0 Å². The molecule has 1 rings (SSSR count). The summed E-state index contributed by atoms with van der Waals surface area (Å²) in [4.78, 5) is 10.9. The Morgan fingerprint density at radius 1 is 1.40 bits per heavy atom. The van der Waals surface area contributed by atoms with Gasteiger partial charge in [-0.2, -0.15) is 0 Å². The zero-order valence-electron chi connectivity index (χ0n) is 8.25. The molecular weight excluding hydrogens is 206 g/mol. The van der Waals surface area contributed by atoms with Crippen molar-refractivity contribution in [3.63, 3.8) is 0 Å². The minimum atomic E-state index is -1.93. The van der Waals surface area contributed by atoms with Crippen LogP contribution >= 0.6 is 0 Å². The number of hydrogen-bond donors (Lipinski definition) is 1. The molecule has 0 fully saturated rings. The van der Waals surface area contributed by atoms with Gasteiger partial charge in [0.2, 0.25) is 0 Å². The number of benzene rings is 1. The lowest BCUT2D eigenvalue weighted by Gasteiger charge is -2.11. The Hall–Kier alpha value is -1.49. The number of halogens is 2. The molecule has 1 aromatic rings. The van der Waals surface area contributed by atoms with Crippen molar-refractivity contribution < 1.29 is 23.4 Å². The van der Waals surface area contributed by atoms with Crippen LogP contribution in [-0.4, -0.2) is 18.2 Å². The summed E-state index contributed by atoms with van der Waals surface area (Å²) in [5.41, 5.74) is -0.321. The monoisotopic (exact) mass is 216 g/mol. The highest BCUT2D eigenvalue weighted by Gasteiger charge is 2.25. The maximum atomic E-state index is 13.3. The van der Waals surface area contributed by atoms with Crippen molar-refractivity contribution in [3.05, 3.63) is 34.9 Å². The molecule has 0 aliphatic heterocycles. The molecule has 0 saturated carbocycles. The third-order valence-electron chi connectivity index (χ3n) is 1.92. The van der Waals surface area contributed by atoms with Crippen molar-refractivity contribution in [1.29, 1.82) is 0 Å². The van der Waals surface area contributed by atoms with Crippen LogP contribution < -0.4 is 0 Å². The fraction of sp³-hybridized carbons (Fsp3) is 0.300. The van der Waals surface area contributed by atoms with Gasteiger partial charge in [0.05, 0.1) is 12.7 Å². The van der Waals surface area contributed by atoms with Crippen LogP contribution in [0.25, 0.3) is 0 Å². The number of aliphatic hydroxyl groups excluding tert-OH is 1. The summed E-state index contributed by atoms with van der Waals surface area (Å²) in [6.07, 6.45) is -1.93. The Morgan fingerprint density at radius 2 is 1.87 bits per heavy atom. The summed E-state index contributed by atoms with van der Waals surface area (Å²) in [6.45, 7) is 1.50. The molecule has 1 atom stereocenters. The number of carbonyl (C=O) groups is 1. The Morgan fingerprint density at radius 3 is 2.27 bits per heavy atom. The van der Waals surface area contributed by atoms with Gasteiger partial charge in [-0.1, -0.05) is 0 Å². The molecule has 0 heterocycles. The van der Waals surface area contributed by atoms with Crippen LogP contribution in [-0.2, 0) is 9.53 Å². The highest BCUT2D eigenvalue weighted by molar-refractivity contribution is 5.76. The fourth-order valence-electron chi connectivity index (χ4n) is 1.20. The summed E-state index contributed by atoms with van der Waals surface area (Å²) >= 11 is 0. The number of methoxy groups -OCH3 is 1. The van der Waals surface area contributed by atoms with Crippen LogP contribution in [0.2, 0.25) is 0 Å². The second kappa shape index (κ2) is 4.35. The van der Waals surface area contributed by atoms with Crippen molar-refractivity contribution in [2.75, 3.05) is 7.11 Å². The van der Waals surface area contributed by atoms with Crippen molar-refractivity contribution >= 4 is 5.97 Å². The van der Waals surface area contributed by atoms with E-state index in [9.17, 15) is 18.7 Å². The van der Waals surface area contributed by atoms with Gasteiger partial charge in [-0.15, -0.1) is 0 Å². The topological polar surface area (TPSA) is 46.5 Å². The number of esters is 1. The van der Waals surface area contributed by atoms with Crippen LogP contribution in [0.5, 0.6) is 0 Å². The Bertz CT molecular complexity index is 367. The number of aliphatic hydroxyl groups is 1. The van der Waals surface area contributed by atoms with E-state index in [4.69, 9.17) is 0 Å². The summed E-state index contributed by atoms with van der Waals surface area (Å²) < 4.78 is 30.7. The summed E-state index contributed by atoms with van der Waals surface area (Å²) in [6, 6.07) is 2.06. The predicted molar refractivity (Wildman–Crippen MR) is 48.1 cm³/mol. The maximum absolute atomic E-state index is 13.3. The number of aryl methyl sites for hydroxylation is 1. The maximum Gasteiger partial charge on any atom is 0.339 e. The quantitative estimate of drug-likeness (QED) is 0.761. The van der Waals surface area contributed by atoms with Gasteiger partial charge in [-0.3, -0.25) is 0 Å². The third-order valence-corrected chi connectivity index (χ3v) is 1.92. The zero-order chi connectivity index (χ0) is 11.6. The van der Waals surface area contributed by atoms with E-state index in [1.54, 1.807) is 0 Å². The van der Waals surface area contributed by atoms with Crippen LogP contribution in [0.3, 0.4) is 0 Å². The van der Waals surface area contributed by atoms with E-state index in [0.29, 0.717) is 5.56 Å². The summed E-state index contributed by atoms with van der Waals surface area (Å²) in [7, 11) is 1.02. The van der Waals surface area contributed by atoms with E-state index in [1.165, 1.54) is 6.92 Å². The van der Waals surface area contributed by atoms with Crippen molar-refractivity contribution in [2.24, 2.45) is 0 Å². The molecule has 1 aromatic carbocycles. The molecule has 3 nitrogen and oxygen atoms in total. The molecule has 0 spiro atoms. The van der Waals surface area contributed by atoms with E-state index >= 15 is 0 Å². The number of carbonyl (C=O) groups excluding carboxylic acids is 1. The van der Waals surface area contributed by atoms with Crippen molar-refractivity contribution in [1.82, 2.24) is 0 Å². The lowest BCUT2D eigenvalue weighted by Crippen LogP contribution is -2.16. The van der Waals surface area contributed by atoms with Crippen molar-refractivity contribution in [3.8, 4) is 0 Å². The molecule has 0 bridgehead atoms. The fourth-order valence-corrected chi connectivity index (χ4v) is 1.20. The Kier molecular flexibility index (Phi) is 3.36. The molecule has 15 heavy (non-hydrogen) atoms. The van der Waals surface area contributed by atoms with Gasteiger partial charge >= 0.3 is 5.97 Å². The van der Waals surface area contributed by atoms with Gasteiger partial charge in [0.1, 0.15) is 11.6 Å². The average Bonchev–Trinajstić information content (AvgIpc) is 2.14. The SMILES string of the molecule is COC(=O)C(O)c1c(F)cc(C)cc1F. The molecule has 82 valence electrons. The first-order valence-electron chi connectivity index (χ1n) is 4.18. The summed E-state index contributed by atoms with van der Waals surface area (Å²) in [5.74, 6) is -3.03. The molecule has 0 aliphatic rings. The van der Waals surface area contributed by atoms with E-state index in [1.807, 2.05) is 0 Å². The molecule has 5 heteroatoms. The smallest absolute Gasteiger partial charge is 0.339 e. The van der Waals surface area contributed by atoms with E-state index in [-0.39, 0.29) is 0 Å². The van der Waals surface area contributed by atoms with Gasteiger partial charge in [-0.05, 0) is 24.6 Å². The minimum Gasteiger partial charge on any atom is -0.467 e. The van der Waals surface area contributed by atoms with Gasteiger partial charge in [0.15, 0.2) is 6.10 Å². The molecule has 0 aromatic heterocycles. The number of ether oxygens (including phenoxy) is 1. The van der Waals surface area contributed by atoms with Gasteiger partial charge in [0.25, 0.3) is 0 Å². The van der Waals surface area contributed by atoms with Gasteiger partial charge < -0.3 is 9.84 Å². The van der Waals surface area contributed by atoms with Crippen molar-refractivity contribution in [2.45, 2.75) is 13.0 Å². The second-order valence-corrected chi connectivity index (χ2v) is 3.07. The van der Waals surface area contributed by atoms with E-state index in [2.05, 4.69) is 4.74 Å². The van der Waals surface area contributed by atoms with E-state index < -0.39 is 29.3 Å².